The highest BCUT2D eigenvalue weighted by Gasteiger charge is 2.20. The van der Waals surface area contributed by atoms with Gasteiger partial charge in [0.2, 0.25) is 0 Å². The van der Waals surface area contributed by atoms with Gasteiger partial charge in [-0.15, -0.1) is 0 Å². The first kappa shape index (κ1) is 21.9. The van der Waals surface area contributed by atoms with Crippen molar-refractivity contribution in [1.29, 1.82) is 0 Å². The summed E-state index contributed by atoms with van der Waals surface area (Å²) in [5.41, 5.74) is 1.39. The molecule has 8 nitrogen and oxygen atoms in total. The fraction of sp³-hybridized carbons (Fsp3) is 0.333. The van der Waals surface area contributed by atoms with Crippen molar-refractivity contribution in [2.24, 2.45) is 0 Å². The van der Waals surface area contributed by atoms with Crippen LogP contribution in [0.2, 0.25) is 0 Å². The topological polar surface area (TPSA) is 108 Å². The maximum Gasteiger partial charge on any atom is 0.338 e. The normalized spacial score (nSPS) is 11.4. The van der Waals surface area contributed by atoms with Crippen LogP contribution in [-0.4, -0.2) is 30.0 Å². The molecule has 2 aromatic carbocycles. The maximum absolute atomic E-state index is 12.1. The third kappa shape index (κ3) is 6.03. The average Bonchev–Trinajstić information content (AvgIpc) is 2.72. The van der Waals surface area contributed by atoms with Crippen LogP contribution < -0.4 is 10.1 Å². The quantitative estimate of drug-likeness (QED) is 0.382. The number of rotatable bonds is 9. The van der Waals surface area contributed by atoms with Gasteiger partial charge in [-0.3, -0.25) is 14.9 Å². The molecule has 154 valence electrons. The van der Waals surface area contributed by atoms with E-state index in [2.05, 4.69) is 19.2 Å². The maximum atomic E-state index is 12.1. The van der Waals surface area contributed by atoms with E-state index in [9.17, 15) is 19.7 Å². The SMILES string of the molecule is CCOc1ccc(C(=O)OCC(=O)Nc2ccc([C@@H](C)CC)cc2)cc1[N+](=O)[O-]. The lowest BCUT2D eigenvalue weighted by Gasteiger charge is -2.11. The first-order valence-corrected chi connectivity index (χ1v) is 9.33. The second-order valence-electron chi connectivity index (χ2n) is 6.43. The molecule has 0 spiro atoms. The third-order valence-electron chi connectivity index (χ3n) is 4.40. The summed E-state index contributed by atoms with van der Waals surface area (Å²) in [7, 11) is 0. The second-order valence-corrected chi connectivity index (χ2v) is 6.43. The van der Waals surface area contributed by atoms with E-state index in [0.29, 0.717) is 11.6 Å². The number of carbonyl (C=O) groups is 2. The van der Waals surface area contributed by atoms with Gasteiger partial charge in [-0.2, -0.15) is 0 Å². The molecule has 0 aromatic heterocycles. The fourth-order valence-corrected chi connectivity index (χ4v) is 2.61. The van der Waals surface area contributed by atoms with Crippen LogP contribution in [0, 0.1) is 10.1 Å². The predicted octanol–water partition coefficient (Wildman–Crippen LogP) is 4.30. The molecule has 0 radical (unpaired) electrons. The van der Waals surface area contributed by atoms with Crippen molar-refractivity contribution in [3.05, 3.63) is 63.7 Å². The van der Waals surface area contributed by atoms with Crippen LogP contribution in [0.5, 0.6) is 5.75 Å². The van der Waals surface area contributed by atoms with Gasteiger partial charge in [0.05, 0.1) is 17.1 Å². The largest absolute Gasteiger partial charge is 0.487 e. The number of carbonyl (C=O) groups excluding carboxylic acids is 2. The zero-order valence-corrected chi connectivity index (χ0v) is 16.6. The Morgan fingerprint density at radius 2 is 1.83 bits per heavy atom. The molecule has 1 N–H and O–H groups in total. The van der Waals surface area contributed by atoms with Crippen molar-refractivity contribution in [2.45, 2.75) is 33.1 Å². The standard InChI is InChI=1S/C21H24N2O6/c1-4-14(3)15-6-9-17(10-7-15)22-20(24)13-29-21(25)16-8-11-19(28-5-2)18(12-16)23(26)27/h6-12,14H,4-5,13H2,1-3H3,(H,22,24)/t14-/m0/s1. The monoisotopic (exact) mass is 400 g/mol. The number of ether oxygens (including phenoxy) is 2. The fourth-order valence-electron chi connectivity index (χ4n) is 2.61. The number of anilines is 1. The van der Waals surface area contributed by atoms with Crippen LogP contribution in [-0.2, 0) is 9.53 Å². The first-order chi connectivity index (χ1) is 13.8. The lowest BCUT2D eigenvalue weighted by Crippen LogP contribution is -2.21. The van der Waals surface area contributed by atoms with Crippen molar-refractivity contribution in [2.75, 3.05) is 18.5 Å². The number of esters is 1. The minimum atomic E-state index is -0.835. The Hall–Kier alpha value is -3.42. The summed E-state index contributed by atoms with van der Waals surface area (Å²) in [4.78, 5) is 34.6. The Bertz CT molecular complexity index is 879. The molecule has 0 heterocycles. The van der Waals surface area contributed by atoms with Gasteiger partial charge in [0.25, 0.3) is 5.91 Å². The van der Waals surface area contributed by atoms with Crippen molar-refractivity contribution in [1.82, 2.24) is 0 Å². The van der Waals surface area contributed by atoms with E-state index in [4.69, 9.17) is 9.47 Å². The first-order valence-electron chi connectivity index (χ1n) is 9.33. The van der Waals surface area contributed by atoms with E-state index in [1.165, 1.54) is 17.7 Å². The molecule has 0 fully saturated rings. The summed E-state index contributed by atoms with van der Waals surface area (Å²) in [5, 5.41) is 13.8. The van der Waals surface area contributed by atoms with Crippen LogP contribution in [0.1, 0.15) is 49.0 Å². The molecule has 1 atom stereocenters. The molecule has 0 aliphatic heterocycles. The average molecular weight is 400 g/mol. The predicted molar refractivity (Wildman–Crippen MR) is 108 cm³/mol. The summed E-state index contributed by atoms with van der Waals surface area (Å²) in [6.45, 7) is 5.67. The molecule has 2 aromatic rings. The highest BCUT2D eigenvalue weighted by molar-refractivity contribution is 5.95. The number of hydrogen-bond acceptors (Lipinski definition) is 6. The number of nitrogens with zero attached hydrogens (tertiary/aromatic N) is 1. The van der Waals surface area contributed by atoms with Crippen LogP contribution in [0.4, 0.5) is 11.4 Å². The molecule has 1 amide bonds. The van der Waals surface area contributed by atoms with Crippen molar-refractivity contribution in [3.63, 3.8) is 0 Å². The molecule has 0 bridgehead atoms. The summed E-state index contributed by atoms with van der Waals surface area (Å²) in [6, 6.07) is 11.2. The molecule has 0 aliphatic carbocycles. The molecule has 8 heteroatoms. The van der Waals surface area contributed by atoms with E-state index >= 15 is 0 Å². The smallest absolute Gasteiger partial charge is 0.338 e. The molecule has 0 saturated carbocycles. The van der Waals surface area contributed by atoms with Crippen LogP contribution in [0.15, 0.2) is 42.5 Å². The van der Waals surface area contributed by atoms with Gasteiger partial charge in [-0.05, 0) is 49.1 Å². The van der Waals surface area contributed by atoms with Gasteiger partial charge in [0.15, 0.2) is 12.4 Å². The Kier molecular flexibility index (Phi) is 7.70. The van der Waals surface area contributed by atoms with Gasteiger partial charge in [-0.1, -0.05) is 26.0 Å². The van der Waals surface area contributed by atoms with E-state index in [1.807, 2.05) is 12.1 Å². The van der Waals surface area contributed by atoms with Gasteiger partial charge in [0.1, 0.15) is 0 Å². The Morgan fingerprint density at radius 3 is 2.41 bits per heavy atom. The van der Waals surface area contributed by atoms with Crippen molar-refractivity contribution in [3.8, 4) is 5.75 Å². The number of benzene rings is 2. The molecule has 0 saturated heterocycles. The number of amides is 1. The van der Waals surface area contributed by atoms with E-state index in [0.717, 1.165) is 12.5 Å². The summed E-state index contributed by atoms with van der Waals surface area (Å²) in [6.07, 6.45) is 1.02. The van der Waals surface area contributed by atoms with E-state index in [1.54, 1.807) is 19.1 Å². The van der Waals surface area contributed by atoms with Crippen LogP contribution >= 0.6 is 0 Å². The molecular weight excluding hydrogens is 376 g/mol. The molecule has 29 heavy (non-hydrogen) atoms. The van der Waals surface area contributed by atoms with Gasteiger partial charge < -0.3 is 14.8 Å². The summed E-state index contributed by atoms with van der Waals surface area (Å²) >= 11 is 0. The van der Waals surface area contributed by atoms with Gasteiger partial charge in [0, 0.05) is 11.8 Å². The Balaban J connectivity index is 1.95. The molecule has 0 aliphatic rings. The number of nitrogens with one attached hydrogen (secondary N) is 1. The zero-order valence-electron chi connectivity index (χ0n) is 16.6. The summed E-state index contributed by atoms with van der Waals surface area (Å²) in [5.74, 6) is -0.847. The molecule has 2 rings (SSSR count). The van der Waals surface area contributed by atoms with Crippen molar-refractivity contribution >= 4 is 23.3 Å². The number of nitro benzene ring substituents is 1. The van der Waals surface area contributed by atoms with Crippen LogP contribution in [0.25, 0.3) is 0 Å². The Labute approximate surface area is 169 Å². The highest BCUT2D eigenvalue weighted by atomic mass is 16.6. The zero-order chi connectivity index (χ0) is 21.4. The number of nitro groups is 1. The van der Waals surface area contributed by atoms with Crippen LogP contribution in [0.3, 0.4) is 0 Å². The van der Waals surface area contributed by atoms with Gasteiger partial charge >= 0.3 is 11.7 Å². The minimum absolute atomic E-state index is 0.0362. The Morgan fingerprint density at radius 1 is 1.14 bits per heavy atom. The third-order valence-corrected chi connectivity index (χ3v) is 4.40. The van der Waals surface area contributed by atoms with Gasteiger partial charge in [-0.25, -0.2) is 4.79 Å². The highest BCUT2D eigenvalue weighted by Crippen LogP contribution is 2.28. The lowest BCUT2D eigenvalue weighted by molar-refractivity contribution is -0.385. The molecule has 0 unspecified atom stereocenters. The second kappa shape index (κ2) is 10.2. The molecular formula is C21H24N2O6. The van der Waals surface area contributed by atoms with E-state index < -0.39 is 23.4 Å². The lowest BCUT2D eigenvalue weighted by atomic mass is 9.99. The van der Waals surface area contributed by atoms with Crippen molar-refractivity contribution < 1.29 is 24.0 Å². The summed E-state index contributed by atoms with van der Waals surface area (Å²) < 4.78 is 10.1. The number of hydrogen-bond donors (Lipinski definition) is 1. The minimum Gasteiger partial charge on any atom is -0.487 e. The van der Waals surface area contributed by atoms with E-state index in [-0.39, 0.29) is 23.6 Å².